The van der Waals surface area contributed by atoms with Crippen molar-refractivity contribution in [2.45, 2.75) is 119 Å². The summed E-state index contributed by atoms with van der Waals surface area (Å²) >= 11 is 0. The van der Waals surface area contributed by atoms with E-state index in [1.807, 2.05) is 27.7 Å². The third-order valence-electron chi connectivity index (χ3n) is 7.51. The minimum Gasteiger partial charge on any atom is -0.390 e. The molecule has 1 unspecified atom stereocenters. The number of aliphatic hydroxyl groups is 2. The molecule has 0 aliphatic carbocycles. The summed E-state index contributed by atoms with van der Waals surface area (Å²) in [7, 11) is 0. The maximum absolute atomic E-state index is 10.1. The number of epoxide rings is 1. The first kappa shape index (κ1) is 24.6. The molecule has 2 N–H and O–H groups in total. The largest absolute Gasteiger partial charge is 0.390 e. The minimum absolute atomic E-state index is 0.115. The maximum Gasteiger partial charge on any atom is 0.102 e. The fourth-order valence-corrected chi connectivity index (χ4v) is 3.03. The van der Waals surface area contributed by atoms with Gasteiger partial charge in [-0.15, -0.1) is 0 Å². The van der Waals surface area contributed by atoms with Crippen LogP contribution in [0.5, 0.6) is 0 Å². The van der Waals surface area contributed by atoms with Gasteiger partial charge in [0.05, 0.1) is 16.8 Å². The van der Waals surface area contributed by atoms with Gasteiger partial charge in [0.25, 0.3) is 0 Å². The minimum atomic E-state index is -0.727. The lowest BCUT2D eigenvalue weighted by atomic mass is 9.65. The van der Waals surface area contributed by atoms with E-state index in [-0.39, 0.29) is 22.0 Å². The number of hydrogen-bond acceptors (Lipinski definition) is 3. The van der Waals surface area contributed by atoms with Crippen molar-refractivity contribution >= 4 is 0 Å². The van der Waals surface area contributed by atoms with Gasteiger partial charge in [-0.25, -0.2) is 0 Å². The molecule has 0 aromatic rings. The molecule has 3 nitrogen and oxygen atoms in total. The van der Waals surface area contributed by atoms with Crippen LogP contribution in [-0.2, 0) is 4.74 Å². The van der Waals surface area contributed by atoms with Gasteiger partial charge < -0.3 is 14.9 Å². The Kier molecular flexibility index (Phi) is 6.55. The molecule has 0 amide bonds. The van der Waals surface area contributed by atoms with Crippen molar-refractivity contribution in [1.29, 1.82) is 0 Å². The standard InChI is InChI=1S/C11H22O2.C11H22O/c1-8(2,9(3,4)12)11(7)10(5,6)13-11;1-8(2)9(3)10(4,5)11(6,7)12/h12H,1-7H3;12H,1-7H3. The van der Waals surface area contributed by atoms with Crippen LogP contribution in [0.25, 0.3) is 0 Å². The molecule has 0 saturated carbocycles. The van der Waals surface area contributed by atoms with Gasteiger partial charge in [-0.1, -0.05) is 38.8 Å². The second-order valence-electron chi connectivity index (χ2n) is 10.6. The second-order valence-corrected chi connectivity index (χ2v) is 10.6. The molecule has 0 bridgehead atoms. The van der Waals surface area contributed by atoms with Gasteiger partial charge in [0.1, 0.15) is 5.60 Å². The molecule has 3 heteroatoms. The molecule has 1 saturated heterocycles. The Morgan fingerprint density at radius 2 is 1.04 bits per heavy atom. The van der Waals surface area contributed by atoms with Gasteiger partial charge in [-0.2, -0.15) is 0 Å². The topological polar surface area (TPSA) is 53.0 Å². The van der Waals surface area contributed by atoms with Gasteiger partial charge >= 0.3 is 0 Å². The Morgan fingerprint density at radius 3 is 1.12 bits per heavy atom. The van der Waals surface area contributed by atoms with Crippen LogP contribution < -0.4 is 0 Å². The lowest BCUT2D eigenvalue weighted by molar-refractivity contribution is -0.0750. The van der Waals surface area contributed by atoms with E-state index < -0.39 is 11.2 Å². The lowest BCUT2D eigenvalue weighted by Crippen LogP contribution is -2.50. The molecule has 1 atom stereocenters. The fraction of sp³-hybridized carbons (Fsp3) is 0.909. The molecular formula is C22H44O3. The van der Waals surface area contributed by atoms with Crippen molar-refractivity contribution < 1.29 is 14.9 Å². The normalized spacial score (nSPS) is 23.5. The van der Waals surface area contributed by atoms with Gasteiger partial charge in [0.2, 0.25) is 0 Å². The van der Waals surface area contributed by atoms with Crippen molar-refractivity contribution in [3.05, 3.63) is 11.1 Å². The van der Waals surface area contributed by atoms with Crippen LogP contribution in [0.2, 0.25) is 0 Å². The summed E-state index contributed by atoms with van der Waals surface area (Å²) in [6, 6.07) is 0. The van der Waals surface area contributed by atoms with E-state index >= 15 is 0 Å². The molecule has 1 heterocycles. The van der Waals surface area contributed by atoms with Crippen molar-refractivity contribution in [3.63, 3.8) is 0 Å². The van der Waals surface area contributed by atoms with Crippen LogP contribution >= 0.6 is 0 Å². The SMILES string of the molecule is CC(C)(O)C(C)(C)C1(C)OC1(C)C.CC(C)=C(C)C(C)(C)C(C)(C)O. The zero-order valence-electron chi connectivity index (χ0n) is 19.3. The average Bonchev–Trinajstić information content (AvgIpc) is 2.87. The first-order valence-electron chi connectivity index (χ1n) is 9.36. The number of ether oxygens (including phenoxy) is 1. The van der Waals surface area contributed by atoms with E-state index in [1.54, 1.807) is 0 Å². The zero-order valence-corrected chi connectivity index (χ0v) is 19.3. The van der Waals surface area contributed by atoms with Crippen molar-refractivity contribution in [3.8, 4) is 0 Å². The third kappa shape index (κ3) is 4.48. The molecule has 0 radical (unpaired) electrons. The summed E-state index contributed by atoms with van der Waals surface area (Å²) < 4.78 is 5.72. The molecule has 1 aliphatic rings. The van der Waals surface area contributed by atoms with E-state index in [0.29, 0.717) is 0 Å². The van der Waals surface area contributed by atoms with Crippen LogP contribution in [0.15, 0.2) is 11.1 Å². The molecular weight excluding hydrogens is 312 g/mol. The Bertz CT molecular complexity index is 506. The Hall–Kier alpha value is -0.380. The van der Waals surface area contributed by atoms with E-state index in [9.17, 15) is 10.2 Å². The second kappa shape index (κ2) is 6.65. The highest BCUT2D eigenvalue weighted by atomic mass is 16.6. The molecule has 0 aromatic heterocycles. The highest BCUT2D eigenvalue weighted by Crippen LogP contribution is 2.61. The Morgan fingerprint density at radius 1 is 0.720 bits per heavy atom. The molecule has 0 aromatic carbocycles. The summed E-state index contributed by atoms with van der Waals surface area (Å²) in [5, 5.41) is 20.0. The molecule has 150 valence electrons. The summed E-state index contributed by atoms with van der Waals surface area (Å²) in [5.74, 6) is 0. The van der Waals surface area contributed by atoms with E-state index in [0.717, 1.165) is 0 Å². The Balaban J connectivity index is 0.000000463. The van der Waals surface area contributed by atoms with Crippen LogP contribution in [0.1, 0.15) is 96.9 Å². The van der Waals surface area contributed by atoms with Crippen molar-refractivity contribution in [2.75, 3.05) is 0 Å². The highest BCUT2D eigenvalue weighted by Gasteiger charge is 2.70. The first-order chi connectivity index (χ1) is 10.6. The monoisotopic (exact) mass is 356 g/mol. The third-order valence-corrected chi connectivity index (χ3v) is 7.51. The molecule has 0 spiro atoms. The Labute approximate surface area is 156 Å². The summed E-state index contributed by atoms with van der Waals surface area (Å²) in [5.41, 5.74) is 0.450. The van der Waals surface area contributed by atoms with Gasteiger partial charge in [0.15, 0.2) is 0 Å². The lowest BCUT2D eigenvalue weighted by Gasteiger charge is -2.41. The van der Waals surface area contributed by atoms with E-state index in [2.05, 4.69) is 69.2 Å². The number of rotatable bonds is 4. The van der Waals surface area contributed by atoms with E-state index in [4.69, 9.17) is 4.74 Å². The average molecular weight is 357 g/mol. The van der Waals surface area contributed by atoms with Crippen LogP contribution in [-0.4, -0.2) is 32.6 Å². The predicted molar refractivity (Wildman–Crippen MR) is 108 cm³/mol. The summed E-state index contributed by atoms with van der Waals surface area (Å²) in [4.78, 5) is 0. The van der Waals surface area contributed by atoms with Crippen molar-refractivity contribution in [2.24, 2.45) is 10.8 Å². The molecule has 1 fully saturated rings. The maximum atomic E-state index is 10.1. The smallest absolute Gasteiger partial charge is 0.102 e. The zero-order chi connectivity index (χ0) is 20.9. The summed E-state index contributed by atoms with van der Waals surface area (Å²) in [6.45, 7) is 28.2. The highest BCUT2D eigenvalue weighted by molar-refractivity contribution is 5.19. The first-order valence-corrected chi connectivity index (χ1v) is 9.36. The fourth-order valence-electron chi connectivity index (χ4n) is 3.03. The van der Waals surface area contributed by atoms with Crippen LogP contribution in [0.4, 0.5) is 0 Å². The van der Waals surface area contributed by atoms with Gasteiger partial charge in [-0.05, 0) is 69.2 Å². The predicted octanol–water partition coefficient (Wildman–Crippen LogP) is 5.49. The van der Waals surface area contributed by atoms with Crippen LogP contribution in [0, 0.1) is 10.8 Å². The number of hydrogen-bond donors (Lipinski definition) is 2. The quantitative estimate of drug-likeness (QED) is 0.517. The van der Waals surface area contributed by atoms with E-state index in [1.165, 1.54) is 11.1 Å². The molecule has 1 aliphatic heterocycles. The van der Waals surface area contributed by atoms with Crippen LogP contribution in [0.3, 0.4) is 0 Å². The number of allylic oxidation sites excluding steroid dienone is 1. The summed E-state index contributed by atoms with van der Waals surface area (Å²) in [6.07, 6.45) is 0. The van der Waals surface area contributed by atoms with Crippen molar-refractivity contribution in [1.82, 2.24) is 0 Å². The molecule has 1 rings (SSSR count). The van der Waals surface area contributed by atoms with Gasteiger partial charge in [0, 0.05) is 10.8 Å². The van der Waals surface area contributed by atoms with Gasteiger partial charge in [-0.3, -0.25) is 0 Å². The molecule has 25 heavy (non-hydrogen) atoms.